The van der Waals surface area contributed by atoms with Gasteiger partial charge >= 0.3 is 0 Å². The molecule has 0 radical (unpaired) electrons. The van der Waals surface area contributed by atoms with Gasteiger partial charge in [0.05, 0.1) is 27.8 Å². The van der Waals surface area contributed by atoms with Gasteiger partial charge in [-0.2, -0.15) is 0 Å². The van der Waals surface area contributed by atoms with E-state index in [4.69, 9.17) is 0 Å². The fourth-order valence-corrected chi connectivity index (χ4v) is 3.79. The summed E-state index contributed by atoms with van der Waals surface area (Å²) in [6, 6.07) is 19.9. The Morgan fingerprint density at radius 2 is 1.38 bits per heavy atom. The Morgan fingerprint density at radius 1 is 0.759 bits per heavy atom. The highest BCUT2D eigenvalue weighted by Gasteiger charge is 2.23. The number of fused-ring (bicyclic) bond motifs is 2. The second-order valence-corrected chi connectivity index (χ2v) is 7.15. The highest BCUT2D eigenvalue weighted by Crippen LogP contribution is 2.22. The van der Waals surface area contributed by atoms with Crippen molar-refractivity contribution in [1.29, 1.82) is 0 Å². The van der Waals surface area contributed by atoms with Crippen molar-refractivity contribution in [2.75, 3.05) is 31.1 Å². The molecule has 1 aromatic heterocycles. The van der Waals surface area contributed by atoms with Gasteiger partial charge in [0.2, 0.25) is 0 Å². The number of para-hydroxylation sites is 3. The number of benzene rings is 3. The minimum atomic E-state index is -0.229. The van der Waals surface area contributed by atoms with E-state index in [1.54, 1.807) is 24.3 Å². The van der Waals surface area contributed by atoms with Crippen LogP contribution < -0.4 is 4.90 Å². The first kappa shape index (κ1) is 17.6. The molecule has 0 bridgehead atoms. The lowest BCUT2D eigenvalue weighted by atomic mass is 10.1. The van der Waals surface area contributed by atoms with Gasteiger partial charge in [-0.15, -0.1) is 0 Å². The van der Waals surface area contributed by atoms with Crippen molar-refractivity contribution in [1.82, 2.24) is 14.9 Å². The summed E-state index contributed by atoms with van der Waals surface area (Å²) < 4.78 is 14.0. The fourth-order valence-electron chi connectivity index (χ4n) is 3.79. The number of carbonyl (C=O) groups excluding carboxylic acids is 1. The number of carbonyl (C=O) groups is 1. The third-order valence-electron chi connectivity index (χ3n) is 5.35. The molecule has 1 saturated heterocycles. The predicted molar refractivity (Wildman–Crippen MR) is 112 cm³/mol. The Kier molecular flexibility index (Phi) is 4.31. The first-order valence-electron chi connectivity index (χ1n) is 9.64. The highest BCUT2D eigenvalue weighted by atomic mass is 19.1. The Hall–Kier alpha value is -3.54. The summed E-state index contributed by atoms with van der Waals surface area (Å²) in [6.07, 6.45) is 0. The second-order valence-electron chi connectivity index (χ2n) is 7.15. The van der Waals surface area contributed by atoms with Crippen LogP contribution in [0.4, 0.5) is 10.1 Å². The molecule has 0 aliphatic carbocycles. The Labute approximate surface area is 167 Å². The molecule has 1 amide bonds. The van der Waals surface area contributed by atoms with Crippen LogP contribution in [0.15, 0.2) is 66.7 Å². The van der Waals surface area contributed by atoms with Gasteiger partial charge in [-0.05, 0) is 42.5 Å². The number of anilines is 1. The SMILES string of the molecule is O=C(c1ccc2nc3ccccc3nc2c1)N1CCN(c2ccccc2F)CC1. The molecule has 5 nitrogen and oxygen atoms in total. The largest absolute Gasteiger partial charge is 0.366 e. The smallest absolute Gasteiger partial charge is 0.254 e. The van der Waals surface area contributed by atoms with Gasteiger partial charge in [-0.25, -0.2) is 14.4 Å². The number of halogens is 1. The average Bonchev–Trinajstić information content (AvgIpc) is 2.77. The first-order chi connectivity index (χ1) is 14.2. The molecule has 6 heteroatoms. The maximum absolute atomic E-state index is 14.0. The quantitative estimate of drug-likeness (QED) is 0.491. The molecular weight excluding hydrogens is 367 g/mol. The normalized spacial score (nSPS) is 14.5. The van der Waals surface area contributed by atoms with Crippen LogP contribution in [0.5, 0.6) is 0 Å². The molecule has 0 spiro atoms. The molecule has 0 saturated carbocycles. The summed E-state index contributed by atoms with van der Waals surface area (Å²) >= 11 is 0. The van der Waals surface area contributed by atoms with E-state index >= 15 is 0 Å². The maximum atomic E-state index is 14.0. The number of aromatic nitrogens is 2. The van der Waals surface area contributed by atoms with Crippen LogP contribution in [0.1, 0.15) is 10.4 Å². The number of piperazine rings is 1. The molecular formula is C23H19FN4O. The van der Waals surface area contributed by atoms with Crippen molar-refractivity contribution >= 4 is 33.7 Å². The predicted octanol–water partition coefficient (Wildman–Crippen LogP) is 3.88. The topological polar surface area (TPSA) is 49.3 Å². The minimum absolute atomic E-state index is 0.0324. The van der Waals surface area contributed by atoms with Crippen molar-refractivity contribution in [3.8, 4) is 0 Å². The van der Waals surface area contributed by atoms with Crippen LogP contribution in [-0.2, 0) is 0 Å². The molecule has 144 valence electrons. The Bertz CT molecular complexity index is 1220. The van der Waals surface area contributed by atoms with Crippen LogP contribution in [0.3, 0.4) is 0 Å². The van der Waals surface area contributed by atoms with E-state index in [1.165, 1.54) is 6.07 Å². The summed E-state index contributed by atoms with van der Waals surface area (Å²) in [6.45, 7) is 2.30. The third kappa shape index (κ3) is 3.27. The number of nitrogens with zero attached hydrogens (tertiary/aromatic N) is 4. The number of amides is 1. The monoisotopic (exact) mass is 386 g/mol. The molecule has 3 aromatic carbocycles. The third-order valence-corrected chi connectivity index (χ3v) is 5.35. The van der Waals surface area contributed by atoms with Crippen molar-refractivity contribution in [3.05, 3.63) is 78.1 Å². The second kappa shape index (κ2) is 7.13. The Balaban J connectivity index is 1.36. The van der Waals surface area contributed by atoms with E-state index in [9.17, 15) is 9.18 Å². The summed E-state index contributed by atoms with van der Waals surface area (Å²) in [5.74, 6) is -0.261. The zero-order chi connectivity index (χ0) is 19.8. The van der Waals surface area contributed by atoms with Gasteiger partial charge in [0, 0.05) is 31.7 Å². The first-order valence-corrected chi connectivity index (χ1v) is 9.64. The number of hydrogen-bond acceptors (Lipinski definition) is 4. The van der Waals surface area contributed by atoms with Gasteiger partial charge in [-0.1, -0.05) is 24.3 Å². The number of hydrogen-bond donors (Lipinski definition) is 0. The van der Waals surface area contributed by atoms with Crippen molar-refractivity contribution in [2.45, 2.75) is 0 Å². The van der Waals surface area contributed by atoms with E-state index < -0.39 is 0 Å². The van der Waals surface area contributed by atoms with E-state index in [0.29, 0.717) is 42.9 Å². The van der Waals surface area contributed by atoms with Crippen molar-refractivity contribution < 1.29 is 9.18 Å². The van der Waals surface area contributed by atoms with Crippen LogP contribution in [0.2, 0.25) is 0 Å². The van der Waals surface area contributed by atoms with E-state index in [0.717, 1.165) is 16.6 Å². The van der Waals surface area contributed by atoms with E-state index in [-0.39, 0.29) is 11.7 Å². The lowest BCUT2D eigenvalue weighted by Crippen LogP contribution is -2.49. The molecule has 5 rings (SSSR count). The maximum Gasteiger partial charge on any atom is 0.254 e. The van der Waals surface area contributed by atoms with Gasteiger partial charge in [0.25, 0.3) is 5.91 Å². The molecule has 1 fully saturated rings. The molecule has 0 unspecified atom stereocenters. The lowest BCUT2D eigenvalue weighted by molar-refractivity contribution is 0.0747. The van der Waals surface area contributed by atoms with E-state index in [1.807, 2.05) is 46.2 Å². The van der Waals surface area contributed by atoms with Gasteiger partial charge < -0.3 is 9.80 Å². The van der Waals surface area contributed by atoms with Crippen LogP contribution in [0, 0.1) is 5.82 Å². The highest BCUT2D eigenvalue weighted by molar-refractivity contribution is 5.98. The zero-order valence-electron chi connectivity index (χ0n) is 15.8. The van der Waals surface area contributed by atoms with Crippen LogP contribution >= 0.6 is 0 Å². The fraction of sp³-hybridized carbons (Fsp3) is 0.174. The van der Waals surface area contributed by atoms with Gasteiger partial charge in [0.1, 0.15) is 5.82 Å². The Morgan fingerprint density at radius 3 is 2.10 bits per heavy atom. The standard InChI is InChI=1S/C23H19FN4O/c24-17-5-1-4-8-22(17)27-11-13-28(14-12-27)23(29)16-9-10-20-21(15-16)26-19-7-3-2-6-18(19)25-20/h1-10,15H,11-14H2. The molecule has 29 heavy (non-hydrogen) atoms. The van der Waals surface area contributed by atoms with E-state index in [2.05, 4.69) is 9.97 Å². The van der Waals surface area contributed by atoms with Crippen molar-refractivity contribution in [2.24, 2.45) is 0 Å². The number of rotatable bonds is 2. The molecule has 2 heterocycles. The summed E-state index contributed by atoms with van der Waals surface area (Å²) in [5.41, 5.74) is 4.31. The zero-order valence-corrected chi connectivity index (χ0v) is 15.8. The molecule has 0 atom stereocenters. The minimum Gasteiger partial charge on any atom is -0.366 e. The summed E-state index contributed by atoms with van der Waals surface area (Å²) in [5, 5.41) is 0. The van der Waals surface area contributed by atoms with Crippen molar-refractivity contribution in [3.63, 3.8) is 0 Å². The molecule has 4 aromatic rings. The van der Waals surface area contributed by atoms with Crippen LogP contribution in [0.25, 0.3) is 22.1 Å². The molecule has 1 aliphatic rings. The average molecular weight is 386 g/mol. The van der Waals surface area contributed by atoms with Gasteiger partial charge in [0.15, 0.2) is 0 Å². The summed E-state index contributed by atoms with van der Waals surface area (Å²) in [4.78, 5) is 26.1. The lowest BCUT2D eigenvalue weighted by Gasteiger charge is -2.36. The molecule has 0 N–H and O–H groups in total. The molecule has 1 aliphatic heterocycles. The van der Waals surface area contributed by atoms with Gasteiger partial charge in [-0.3, -0.25) is 4.79 Å². The van der Waals surface area contributed by atoms with Crippen LogP contribution in [-0.4, -0.2) is 47.0 Å². The summed E-state index contributed by atoms with van der Waals surface area (Å²) in [7, 11) is 0.